The Balaban J connectivity index is 2.21. The fourth-order valence-corrected chi connectivity index (χ4v) is 2.94. The molecule has 0 unspecified atom stereocenters. The first-order valence-corrected chi connectivity index (χ1v) is 7.22. The van der Waals surface area contributed by atoms with Crippen molar-refractivity contribution in [1.82, 2.24) is 4.90 Å². The molecule has 1 aromatic carbocycles. The number of primary amides is 1. The highest BCUT2D eigenvalue weighted by atomic mass is 79.9. The minimum atomic E-state index is -0.463. The van der Waals surface area contributed by atoms with E-state index in [0.29, 0.717) is 5.56 Å². The van der Waals surface area contributed by atoms with Crippen molar-refractivity contribution in [2.45, 2.75) is 31.7 Å². The Morgan fingerprint density at radius 3 is 2.58 bits per heavy atom. The van der Waals surface area contributed by atoms with Crippen LogP contribution in [0.1, 0.15) is 36.0 Å². The third-order valence-electron chi connectivity index (χ3n) is 3.42. The standard InChI is InChI=1S/C14H17BrN2O2/c15-11-5-3-4-10(8-11)14(19)17(9-13(16)18)12-6-1-2-7-12/h3-5,8,12H,1-2,6-7,9H2,(H2,16,18). The van der Waals surface area contributed by atoms with Crippen molar-refractivity contribution in [1.29, 1.82) is 0 Å². The number of nitrogens with zero attached hydrogens (tertiary/aromatic N) is 1. The fourth-order valence-electron chi connectivity index (χ4n) is 2.54. The average molecular weight is 325 g/mol. The van der Waals surface area contributed by atoms with E-state index in [-0.39, 0.29) is 18.5 Å². The molecule has 2 amide bonds. The number of amides is 2. The van der Waals surface area contributed by atoms with Crippen LogP contribution in [0.25, 0.3) is 0 Å². The molecule has 0 atom stereocenters. The second-order valence-corrected chi connectivity index (χ2v) is 5.76. The van der Waals surface area contributed by atoms with Crippen LogP contribution in [-0.4, -0.2) is 29.3 Å². The molecule has 1 aliphatic carbocycles. The van der Waals surface area contributed by atoms with Crippen LogP contribution in [0, 0.1) is 0 Å². The van der Waals surface area contributed by atoms with E-state index < -0.39 is 5.91 Å². The normalized spacial score (nSPS) is 15.4. The lowest BCUT2D eigenvalue weighted by Gasteiger charge is -2.27. The molecule has 0 saturated heterocycles. The minimum Gasteiger partial charge on any atom is -0.368 e. The van der Waals surface area contributed by atoms with Crippen LogP contribution >= 0.6 is 15.9 Å². The Bertz CT molecular complexity index is 484. The van der Waals surface area contributed by atoms with Crippen molar-refractivity contribution in [2.75, 3.05) is 6.54 Å². The van der Waals surface area contributed by atoms with Gasteiger partial charge < -0.3 is 10.6 Å². The molecule has 0 bridgehead atoms. The van der Waals surface area contributed by atoms with Gasteiger partial charge >= 0.3 is 0 Å². The molecule has 1 saturated carbocycles. The lowest BCUT2D eigenvalue weighted by Crippen LogP contribution is -2.44. The minimum absolute atomic E-state index is 0.00396. The van der Waals surface area contributed by atoms with E-state index in [1.165, 1.54) is 0 Å². The molecule has 0 radical (unpaired) electrons. The lowest BCUT2D eigenvalue weighted by molar-refractivity contribution is -0.119. The maximum absolute atomic E-state index is 12.5. The zero-order valence-electron chi connectivity index (χ0n) is 10.6. The van der Waals surface area contributed by atoms with E-state index in [0.717, 1.165) is 30.2 Å². The number of hydrogen-bond donors (Lipinski definition) is 1. The molecule has 5 heteroatoms. The topological polar surface area (TPSA) is 63.4 Å². The first-order valence-electron chi connectivity index (χ1n) is 6.43. The van der Waals surface area contributed by atoms with Gasteiger partial charge in [0.25, 0.3) is 5.91 Å². The molecule has 0 spiro atoms. The number of nitrogens with two attached hydrogens (primary N) is 1. The highest BCUT2D eigenvalue weighted by Gasteiger charge is 2.28. The van der Waals surface area contributed by atoms with Crippen molar-refractivity contribution in [3.8, 4) is 0 Å². The number of hydrogen-bond acceptors (Lipinski definition) is 2. The maximum atomic E-state index is 12.5. The summed E-state index contributed by atoms with van der Waals surface area (Å²) in [6, 6.07) is 7.35. The second kappa shape index (κ2) is 6.19. The van der Waals surface area contributed by atoms with Gasteiger partial charge in [0.2, 0.25) is 5.91 Å². The van der Waals surface area contributed by atoms with Crippen LogP contribution in [0.15, 0.2) is 28.7 Å². The van der Waals surface area contributed by atoms with Crippen LogP contribution < -0.4 is 5.73 Å². The molecule has 0 heterocycles. The molecule has 19 heavy (non-hydrogen) atoms. The van der Waals surface area contributed by atoms with Crippen LogP contribution in [0.4, 0.5) is 0 Å². The first kappa shape index (κ1) is 14.1. The number of carbonyl (C=O) groups excluding carboxylic acids is 2. The smallest absolute Gasteiger partial charge is 0.254 e. The Hall–Kier alpha value is -1.36. The molecule has 2 N–H and O–H groups in total. The fraction of sp³-hybridized carbons (Fsp3) is 0.429. The molecule has 4 nitrogen and oxygen atoms in total. The zero-order chi connectivity index (χ0) is 13.8. The Morgan fingerprint density at radius 1 is 1.32 bits per heavy atom. The number of benzene rings is 1. The summed E-state index contributed by atoms with van der Waals surface area (Å²) in [5.41, 5.74) is 5.85. The molecule has 0 aromatic heterocycles. The third-order valence-corrected chi connectivity index (χ3v) is 3.92. The maximum Gasteiger partial charge on any atom is 0.254 e. The molecule has 0 aliphatic heterocycles. The number of halogens is 1. The summed E-state index contributed by atoms with van der Waals surface area (Å²) < 4.78 is 0.851. The van der Waals surface area contributed by atoms with E-state index in [1.54, 1.807) is 17.0 Å². The van der Waals surface area contributed by atoms with Crippen molar-refractivity contribution < 1.29 is 9.59 Å². The zero-order valence-corrected chi connectivity index (χ0v) is 12.2. The van der Waals surface area contributed by atoms with Gasteiger partial charge in [-0.3, -0.25) is 9.59 Å². The third kappa shape index (κ3) is 3.56. The highest BCUT2D eigenvalue weighted by Crippen LogP contribution is 2.25. The van der Waals surface area contributed by atoms with E-state index in [4.69, 9.17) is 5.73 Å². The number of carbonyl (C=O) groups is 2. The van der Waals surface area contributed by atoms with Gasteiger partial charge in [-0.25, -0.2) is 0 Å². The van der Waals surface area contributed by atoms with Crippen molar-refractivity contribution >= 4 is 27.7 Å². The van der Waals surface area contributed by atoms with Gasteiger partial charge in [-0.1, -0.05) is 34.8 Å². The predicted molar refractivity (Wildman–Crippen MR) is 76.6 cm³/mol. The summed E-state index contributed by atoms with van der Waals surface area (Å²) in [4.78, 5) is 25.3. The largest absolute Gasteiger partial charge is 0.368 e. The van der Waals surface area contributed by atoms with Crippen LogP contribution in [-0.2, 0) is 4.79 Å². The van der Waals surface area contributed by atoms with Crippen molar-refractivity contribution in [3.05, 3.63) is 34.3 Å². The van der Waals surface area contributed by atoms with Crippen LogP contribution in [0.5, 0.6) is 0 Å². The molecule has 2 rings (SSSR count). The van der Waals surface area contributed by atoms with E-state index in [1.807, 2.05) is 12.1 Å². The summed E-state index contributed by atoms with van der Waals surface area (Å²) >= 11 is 3.35. The Morgan fingerprint density at radius 2 is 2.00 bits per heavy atom. The van der Waals surface area contributed by atoms with Gasteiger partial charge in [-0.15, -0.1) is 0 Å². The second-order valence-electron chi connectivity index (χ2n) is 4.85. The molecular weight excluding hydrogens is 308 g/mol. The molecule has 1 fully saturated rings. The summed E-state index contributed by atoms with van der Waals surface area (Å²) in [5.74, 6) is -0.581. The van der Waals surface area contributed by atoms with Crippen LogP contribution in [0.2, 0.25) is 0 Å². The molecule has 1 aromatic rings. The SMILES string of the molecule is NC(=O)CN(C(=O)c1cccc(Br)c1)C1CCCC1. The van der Waals surface area contributed by atoms with Gasteiger partial charge in [-0.05, 0) is 31.0 Å². The molecule has 1 aliphatic rings. The quantitative estimate of drug-likeness (QED) is 0.923. The van der Waals surface area contributed by atoms with Gasteiger partial charge in [-0.2, -0.15) is 0 Å². The van der Waals surface area contributed by atoms with Gasteiger partial charge in [0.15, 0.2) is 0 Å². The van der Waals surface area contributed by atoms with Crippen LogP contribution in [0.3, 0.4) is 0 Å². The predicted octanol–water partition coefficient (Wildman–Crippen LogP) is 2.32. The first-order chi connectivity index (χ1) is 9.08. The monoisotopic (exact) mass is 324 g/mol. The molecular formula is C14H17BrN2O2. The van der Waals surface area contributed by atoms with E-state index in [9.17, 15) is 9.59 Å². The average Bonchev–Trinajstić information content (AvgIpc) is 2.88. The summed E-state index contributed by atoms with van der Waals surface area (Å²) in [6.07, 6.45) is 4.11. The van der Waals surface area contributed by atoms with E-state index in [2.05, 4.69) is 15.9 Å². The summed E-state index contributed by atoms with van der Waals surface area (Å²) in [7, 11) is 0. The lowest BCUT2D eigenvalue weighted by atomic mass is 10.1. The van der Waals surface area contributed by atoms with Crippen molar-refractivity contribution in [3.63, 3.8) is 0 Å². The summed E-state index contributed by atoms with van der Waals surface area (Å²) in [5, 5.41) is 0. The Labute approximate surface area is 121 Å². The Kier molecular flexibility index (Phi) is 4.58. The van der Waals surface area contributed by atoms with Crippen molar-refractivity contribution in [2.24, 2.45) is 5.73 Å². The van der Waals surface area contributed by atoms with Gasteiger partial charge in [0.1, 0.15) is 0 Å². The van der Waals surface area contributed by atoms with Gasteiger partial charge in [0.05, 0.1) is 6.54 Å². The highest BCUT2D eigenvalue weighted by molar-refractivity contribution is 9.10. The summed E-state index contributed by atoms with van der Waals surface area (Å²) in [6.45, 7) is -0.00396. The molecule has 102 valence electrons. The van der Waals surface area contributed by atoms with Gasteiger partial charge in [0, 0.05) is 16.1 Å². The number of rotatable bonds is 4. The van der Waals surface area contributed by atoms with E-state index >= 15 is 0 Å².